The molecule has 1 aromatic rings. The van der Waals surface area contributed by atoms with Crippen molar-refractivity contribution >= 4 is 37.5 Å². The number of rotatable bonds is 2. The van der Waals surface area contributed by atoms with E-state index in [0.29, 0.717) is 0 Å². The lowest BCUT2D eigenvalue weighted by molar-refractivity contribution is 0.943. The average Bonchev–Trinajstić information content (AvgIpc) is 2.69. The first-order valence-electron chi connectivity index (χ1n) is 5.45. The molecule has 15 heavy (non-hydrogen) atoms. The Balaban J connectivity index is 2.43. The first kappa shape index (κ1) is 11.5. The monoisotopic (exact) mass is 331 g/mol. The maximum atomic E-state index is 3.68. The first-order chi connectivity index (χ1) is 7.22. The fraction of sp³-hybridized carbons (Fsp3) is 0.500. The van der Waals surface area contributed by atoms with Crippen LogP contribution in [-0.4, -0.2) is 13.1 Å². The van der Waals surface area contributed by atoms with Gasteiger partial charge in [0.1, 0.15) is 0 Å². The number of nitrogens with zero attached hydrogens (tertiary/aromatic N) is 1. The third-order valence-corrected chi connectivity index (χ3v) is 3.97. The maximum absolute atomic E-state index is 3.68. The number of hydrogen-bond donors (Lipinski definition) is 0. The van der Waals surface area contributed by atoms with Crippen LogP contribution in [0.5, 0.6) is 0 Å². The lowest BCUT2D eigenvalue weighted by Gasteiger charge is -2.23. The molecular weight excluding hydrogens is 318 g/mol. The molecule has 0 bridgehead atoms. The minimum absolute atomic E-state index is 1.09. The molecule has 1 heterocycles. The second-order valence-electron chi connectivity index (χ2n) is 3.94. The normalized spacial score (nSPS) is 16.1. The van der Waals surface area contributed by atoms with E-state index in [2.05, 4.69) is 55.8 Å². The Hall–Kier alpha value is -0.0200. The highest BCUT2D eigenvalue weighted by atomic mass is 79.9. The average molecular weight is 333 g/mol. The van der Waals surface area contributed by atoms with Gasteiger partial charge in [0, 0.05) is 22.0 Å². The number of benzene rings is 1. The molecule has 1 aliphatic rings. The molecule has 0 radical (unpaired) electrons. The summed E-state index contributed by atoms with van der Waals surface area (Å²) in [4.78, 5) is 2.50. The van der Waals surface area contributed by atoms with E-state index in [9.17, 15) is 0 Å². The zero-order valence-corrected chi connectivity index (χ0v) is 12.1. The molecule has 1 saturated heterocycles. The molecule has 0 N–H and O–H groups in total. The van der Waals surface area contributed by atoms with Gasteiger partial charge in [0.05, 0.1) is 5.69 Å². The van der Waals surface area contributed by atoms with Crippen molar-refractivity contribution in [3.8, 4) is 0 Å². The van der Waals surface area contributed by atoms with Crippen LogP contribution in [0.15, 0.2) is 21.1 Å². The van der Waals surface area contributed by atoms with Crippen molar-refractivity contribution in [2.24, 2.45) is 0 Å². The molecule has 82 valence electrons. The fourth-order valence-corrected chi connectivity index (χ4v) is 3.75. The van der Waals surface area contributed by atoms with Crippen LogP contribution in [0.25, 0.3) is 0 Å². The van der Waals surface area contributed by atoms with Gasteiger partial charge in [-0.1, -0.05) is 22.9 Å². The summed E-state index contributed by atoms with van der Waals surface area (Å²) in [6, 6.07) is 4.38. The Bertz CT molecular complexity index is 357. The zero-order chi connectivity index (χ0) is 10.8. The molecule has 1 aromatic carbocycles. The summed E-state index contributed by atoms with van der Waals surface area (Å²) >= 11 is 7.23. The molecule has 0 spiro atoms. The Labute approximate surface area is 108 Å². The summed E-state index contributed by atoms with van der Waals surface area (Å²) in [6.07, 6.45) is 3.74. The van der Waals surface area contributed by atoms with Crippen molar-refractivity contribution in [2.75, 3.05) is 18.0 Å². The largest absolute Gasteiger partial charge is 0.370 e. The SMILES string of the molecule is CCc1cc(Br)cc(Br)c1N1CCCC1. The molecule has 0 saturated carbocycles. The van der Waals surface area contributed by atoms with E-state index in [4.69, 9.17) is 0 Å². The molecule has 0 unspecified atom stereocenters. The number of anilines is 1. The molecule has 1 nitrogen and oxygen atoms in total. The van der Waals surface area contributed by atoms with Crippen molar-refractivity contribution in [1.82, 2.24) is 0 Å². The molecule has 3 heteroatoms. The van der Waals surface area contributed by atoms with E-state index in [0.717, 1.165) is 10.9 Å². The summed E-state index contributed by atoms with van der Waals surface area (Å²) in [6.45, 7) is 4.62. The van der Waals surface area contributed by atoms with Gasteiger partial charge in [-0.15, -0.1) is 0 Å². The first-order valence-corrected chi connectivity index (χ1v) is 7.04. The van der Waals surface area contributed by atoms with E-state index in [1.54, 1.807) is 0 Å². The Morgan fingerprint density at radius 2 is 1.87 bits per heavy atom. The number of halogens is 2. The van der Waals surface area contributed by atoms with Gasteiger partial charge in [0.25, 0.3) is 0 Å². The van der Waals surface area contributed by atoms with Crippen LogP contribution in [-0.2, 0) is 6.42 Å². The molecule has 0 atom stereocenters. The summed E-state index contributed by atoms with van der Waals surface area (Å²) in [5.74, 6) is 0. The van der Waals surface area contributed by atoms with Crippen LogP contribution in [0.3, 0.4) is 0 Å². The minimum atomic E-state index is 1.09. The summed E-state index contributed by atoms with van der Waals surface area (Å²) in [5, 5.41) is 0. The summed E-state index contributed by atoms with van der Waals surface area (Å²) in [5.41, 5.74) is 2.83. The molecule has 1 aliphatic heterocycles. The third kappa shape index (κ3) is 2.39. The molecule has 0 aromatic heterocycles. The van der Waals surface area contributed by atoms with Gasteiger partial charge in [-0.3, -0.25) is 0 Å². The fourth-order valence-electron chi connectivity index (χ4n) is 2.18. The van der Waals surface area contributed by atoms with Gasteiger partial charge < -0.3 is 4.90 Å². The van der Waals surface area contributed by atoms with E-state index < -0.39 is 0 Å². The van der Waals surface area contributed by atoms with E-state index in [1.807, 2.05) is 0 Å². The van der Waals surface area contributed by atoms with Crippen LogP contribution in [0.1, 0.15) is 25.3 Å². The van der Waals surface area contributed by atoms with Crippen molar-refractivity contribution in [1.29, 1.82) is 0 Å². The van der Waals surface area contributed by atoms with Crippen LogP contribution >= 0.6 is 31.9 Å². The Kier molecular flexibility index (Phi) is 3.73. The van der Waals surface area contributed by atoms with Gasteiger partial charge in [0.15, 0.2) is 0 Å². The number of hydrogen-bond acceptors (Lipinski definition) is 1. The van der Waals surface area contributed by atoms with Crippen LogP contribution in [0.2, 0.25) is 0 Å². The predicted molar refractivity (Wildman–Crippen MR) is 72.7 cm³/mol. The standard InChI is InChI=1S/C12H15Br2N/c1-2-9-7-10(13)8-11(14)12(9)15-5-3-4-6-15/h7-8H,2-6H2,1H3. The lowest BCUT2D eigenvalue weighted by atomic mass is 10.1. The molecule has 0 amide bonds. The van der Waals surface area contributed by atoms with E-state index in [1.165, 1.54) is 41.7 Å². The van der Waals surface area contributed by atoms with E-state index >= 15 is 0 Å². The van der Waals surface area contributed by atoms with Gasteiger partial charge in [-0.25, -0.2) is 0 Å². The predicted octanol–water partition coefficient (Wildman–Crippen LogP) is 4.37. The Morgan fingerprint density at radius 1 is 1.20 bits per heavy atom. The van der Waals surface area contributed by atoms with Crippen molar-refractivity contribution in [3.05, 3.63) is 26.6 Å². The van der Waals surface area contributed by atoms with Crippen molar-refractivity contribution in [2.45, 2.75) is 26.2 Å². The molecule has 0 aliphatic carbocycles. The zero-order valence-electron chi connectivity index (χ0n) is 8.89. The highest BCUT2D eigenvalue weighted by Gasteiger charge is 2.18. The Morgan fingerprint density at radius 3 is 2.47 bits per heavy atom. The van der Waals surface area contributed by atoms with Crippen molar-refractivity contribution < 1.29 is 0 Å². The van der Waals surface area contributed by atoms with Crippen molar-refractivity contribution in [3.63, 3.8) is 0 Å². The topological polar surface area (TPSA) is 3.24 Å². The smallest absolute Gasteiger partial charge is 0.0543 e. The minimum Gasteiger partial charge on any atom is -0.370 e. The quantitative estimate of drug-likeness (QED) is 0.777. The van der Waals surface area contributed by atoms with Crippen LogP contribution in [0.4, 0.5) is 5.69 Å². The maximum Gasteiger partial charge on any atom is 0.0543 e. The summed E-state index contributed by atoms with van der Waals surface area (Å²) < 4.78 is 2.38. The lowest BCUT2D eigenvalue weighted by Crippen LogP contribution is -2.19. The van der Waals surface area contributed by atoms with Crippen LogP contribution in [0, 0.1) is 0 Å². The molecule has 1 fully saturated rings. The molecule has 2 rings (SSSR count). The van der Waals surface area contributed by atoms with Gasteiger partial charge >= 0.3 is 0 Å². The third-order valence-electron chi connectivity index (χ3n) is 2.91. The second kappa shape index (κ2) is 4.88. The highest BCUT2D eigenvalue weighted by molar-refractivity contribution is 9.11. The molecular formula is C12H15Br2N. The highest BCUT2D eigenvalue weighted by Crippen LogP contribution is 2.35. The van der Waals surface area contributed by atoms with Gasteiger partial charge in [-0.2, -0.15) is 0 Å². The second-order valence-corrected chi connectivity index (χ2v) is 5.71. The van der Waals surface area contributed by atoms with Crippen LogP contribution < -0.4 is 4.90 Å². The number of aryl methyl sites for hydroxylation is 1. The van der Waals surface area contributed by atoms with E-state index in [-0.39, 0.29) is 0 Å². The van der Waals surface area contributed by atoms with Gasteiger partial charge in [0.2, 0.25) is 0 Å². The van der Waals surface area contributed by atoms with Gasteiger partial charge in [-0.05, 0) is 52.9 Å². The summed E-state index contributed by atoms with van der Waals surface area (Å²) in [7, 11) is 0.